The SMILES string of the molecule is CCCC(C)C(=O)NCCOCCOCCOCCOCCOCCOCC(=O)C(C)C. The summed E-state index contributed by atoms with van der Waals surface area (Å²) in [4.78, 5) is 23.1. The Morgan fingerprint density at radius 2 is 1.06 bits per heavy atom. The molecule has 0 rings (SSSR count). The Labute approximate surface area is 193 Å². The van der Waals surface area contributed by atoms with Gasteiger partial charge >= 0.3 is 0 Å². The third kappa shape index (κ3) is 20.8. The Morgan fingerprint density at radius 3 is 1.47 bits per heavy atom. The van der Waals surface area contributed by atoms with Crippen molar-refractivity contribution < 1.29 is 38.0 Å². The highest BCUT2D eigenvalue weighted by Gasteiger charge is 2.10. The minimum absolute atomic E-state index is 0.00259. The van der Waals surface area contributed by atoms with E-state index in [2.05, 4.69) is 12.2 Å². The lowest BCUT2D eigenvalue weighted by molar-refractivity contribution is -0.127. The van der Waals surface area contributed by atoms with E-state index >= 15 is 0 Å². The first-order chi connectivity index (χ1) is 15.5. The monoisotopic (exact) mass is 463 g/mol. The molecule has 0 aromatic rings. The molecule has 1 amide bonds. The van der Waals surface area contributed by atoms with Crippen molar-refractivity contribution in [2.24, 2.45) is 11.8 Å². The summed E-state index contributed by atoms with van der Waals surface area (Å²) in [7, 11) is 0. The van der Waals surface area contributed by atoms with Crippen molar-refractivity contribution in [2.75, 3.05) is 85.8 Å². The van der Waals surface area contributed by atoms with Crippen molar-refractivity contribution in [1.29, 1.82) is 0 Å². The molecule has 0 aliphatic carbocycles. The van der Waals surface area contributed by atoms with Gasteiger partial charge in [-0.05, 0) is 6.42 Å². The summed E-state index contributed by atoms with van der Waals surface area (Å²) in [5, 5.41) is 2.87. The van der Waals surface area contributed by atoms with E-state index in [0.29, 0.717) is 79.2 Å². The van der Waals surface area contributed by atoms with E-state index < -0.39 is 0 Å². The normalized spacial score (nSPS) is 12.3. The van der Waals surface area contributed by atoms with Crippen LogP contribution in [0, 0.1) is 11.8 Å². The van der Waals surface area contributed by atoms with Crippen LogP contribution in [0.25, 0.3) is 0 Å². The largest absolute Gasteiger partial charge is 0.377 e. The molecule has 9 heteroatoms. The van der Waals surface area contributed by atoms with Crippen LogP contribution in [0.1, 0.15) is 40.5 Å². The molecule has 0 fully saturated rings. The molecule has 1 atom stereocenters. The summed E-state index contributed by atoms with van der Waals surface area (Å²) < 4.78 is 32.3. The average Bonchev–Trinajstić information content (AvgIpc) is 2.77. The van der Waals surface area contributed by atoms with Gasteiger partial charge in [-0.15, -0.1) is 0 Å². The topological polar surface area (TPSA) is 102 Å². The van der Waals surface area contributed by atoms with Crippen molar-refractivity contribution in [2.45, 2.75) is 40.5 Å². The zero-order valence-corrected chi connectivity index (χ0v) is 20.5. The van der Waals surface area contributed by atoms with Gasteiger partial charge in [0.2, 0.25) is 5.91 Å². The molecular formula is C23H45NO8. The number of amides is 1. The van der Waals surface area contributed by atoms with Crippen LogP contribution in [-0.2, 0) is 38.0 Å². The van der Waals surface area contributed by atoms with E-state index in [1.54, 1.807) is 0 Å². The van der Waals surface area contributed by atoms with Crippen LogP contribution in [0.5, 0.6) is 0 Å². The van der Waals surface area contributed by atoms with Gasteiger partial charge < -0.3 is 33.7 Å². The van der Waals surface area contributed by atoms with Crippen LogP contribution in [0.4, 0.5) is 0 Å². The summed E-state index contributed by atoms with van der Waals surface area (Å²) in [5.74, 6) is 0.242. The van der Waals surface area contributed by atoms with Gasteiger partial charge in [-0.25, -0.2) is 0 Å². The molecule has 0 radical (unpaired) electrons. The van der Waals surface area contributed by atoms with E-state index in [1.165, 1.54) is 0 Å². The Bertz CT molecular complexity index is 448. The number of carbonyl (C=O) groups is 2. The van der Waals surface area contributed by atoms with Crippen LogP contribution in [0.15, 0.2) is 0 Å². The quantitative estimate of drug-likeness (QED) is 0.217. The second-order valence-corrected chi connectivity index (χ2v) is 7.72. The summed E-state index contributed by atoms with van der Waals surface area (Å²) in [5.41, 5.74) is 0. The second-order valence-electron chi connectivity index (χ2n) is 7.72. The molecule has 32 heavy (non-hydrogen) atoms. The molecule has 0 aromatic carbocycles. The molecule has 0 spiro atoms. The van der Waals surface area contributed by atoms with Crippen LogP contribution in [0.2, 0.25) is 0 Å². The second kappa shape index (κ2) is 23.1. The number of ketones is 1. The minimum Gasteiger partial charge on any atom is -0.377 e. The summed E-state index contributed by atoms with van der Waals surface area (Å²) in [6.45, 7) is 13.6. The summed E-state index contributed by atoms with van der Waals surface area (Å²) in [6.07, 6.45) is 1.91. The lowest BCUT2D eigenvalue weighted by Gasteiger charge is -2.11. The first-order valence-corrected chi connectivity index (χ1v) is 11.8. The third-order valence-corrected chi connectivity index (χ3v) is 4.46. The Hall–Kier alpha value is -1.10. The van der Waals surface area contributed by atoms with E-state index in [-0.39, 0.29) is 30.1 Å². The molecule has 0 saturated carbocycles. The fourth-order valence-corrected chi connectivity index (χ4v) is 2.42. The standard InChI is InChI=1S/C23H45NO8/c1-5-6-21(4)23(26)24-7-8-27-9-10-28-11-12-29-13-14-30-15-16-31-17-18-32-19-22(25)20(2)3/h20-21H,5-19H2,1-4H3,(H,24,26). The number of Topliss-reactive ketones (excluding diaryl/α,β-unsaturated/α-hetero) is 1. The van der Waals surface area contributed by atoms with E-state index in [1.807, 2.05) is 20.8 Å². The van der Waals surface area contributed by atoms with Crippen molar-refractivity contribution in [1.82, 2.24) is 5.32 Å². The van der Waals surface area contributed by atoms with Gasteiger partial charge in [-0.1, -0.05) is 34.1 Å². The van der Waals surface area contributed by atoms with E-state index in [9.17, 15) is 9.59 Å². The van der Waals surface area contributed by atoms with Crippen molar-refractivity contribution >= 4 is 11.7 Å². The number of hydrogen-bond donors (Lipinski definition) is 1. The summed E-state index contributed by atoms with van der Waals surface area (Å²) in [6, 6.07) is 0. The van der Waals surface area contributed by atoms with Crippen LogP contribution < -0.4 is 5.32 Å². The highest BCUT2D eigenvalue weighted by atomic mass is 16.6. The van der Waals surface area contributed by atoms with E-state index in [4.69, 9.17) is 28.4 Å². The molecule has 1 N–H and O–H groups in total. The van der Waals surface area contributed by atoms with Gasteiger partial charge in [0.1, 0.15) is 6.61 Å². The molecular weight excluding hydrogens is 418 g/mol. The minimum atomic E-state index is 0.00259. The molecule has 1 unspecified atom stereocenters. The van der Waals surface area contributed by atoms with Gasteiger partial charge in [0, 0.05) is 18.4 Å². The third-order valence-electron chi connectivity index (χ3n) is 4.46. The first-order valence-electron chi connectivity index (χ1n) is 11.8. The average molecular weight is 464 g/mol. The van der Waals surface area contributed by atoms with Gasteiger partial charge in [-0.3, -0.25) is 9.59 Å². The number of ether oxygens (including phenoxy) is 6. The maximum absolute atomic E-state index is 11.7. The van der Waals surface area contributed by atoms with Crippen molar-refractivity contribution in [3.8, 4) is 0 Å². The zero-order chi connectivity index (χ0) is 23.9. The molecule has 190 valence electrons. The van der Waals surface area contributed by atoms with Crippen LogP contribution in [-0.4, -0.2) is 97.5 Å². The lowest BCUT2D eigenvalue weighted by Crippen LogP contribution is -2.32. The van der Waals surface area contributed by atoms with Crippen molar-refractivity contribution in [3.05, 3.63) is 0 Å². The zero-order valence-electron chi connectivity index (χ0n) is 20.5. The Kier molecular flexibility index (Phi) is 22.3. The number of hydrogen-bond acceptors (Lipinski definition) is 8. The highest BCUT2D eigenvalue weighted by Crippen LogP contribution is 2.03. The smallest absolute Gasteiger partial charge is 0.222 e. The highest BCUT2D eigenvalue weighted by molar-refractivity contribution is 5.81. The molecule has 0 aliphatic rings. The molecule has 0 aromatic heterocycles. The predicted molar refractivity (Wildman–Crippen MR) is 122 cm³/mol. The molecule has 0 heterocycles. The van der Waals surface area contributed by atoms with Gasteiger partial charge in [0.05, 0.1) is 72.7 Å². The van der Waals surface area contributed by atoms with Crippen LogP contribution in [0.3, 0.4) is 0 Å². The molecule has 0 saturated heterocycles. The fraction of sp³-hybridized carbons (Fsp3) is 0.913. The lowest BCUT2D eigenvalue weighted by atomic mass is 10.1. The molecule has 0 bridgehead atoms. The van der Waals surface area contributed by atoms with Gasteiger partial charge in [0.15, 0.2) is 5.78 Å². The molecule has 9 nitrogen and oxygen atoms in total. The predicted octanol–water partition coefficient (Wildman–Crippen LogP) is 1.86. The van der Waals surface area contributed by atoms with Gasteiger partial charge in [0.25, 0.3) is 0 Å². The van der Waals surface area contributed by atoms with Crippen molar-refractivity contribution in [3.63, 3.8) is 0 Å². The van der Waals surface area contributed by atoms with Crippen LogP contribution >= 0.6 is 0 Å². The number of rotatable bonds is 24. The first kappa shape index (κ1) is 30.9. The summed E-state index contributed by atoms with van der Waals surface area (Å²) >= 11 is 0. The number of carbonyl (C=O) groups excluding carboxylic acids is 2. The van der Waals surface area contributed by atoms with E-state index in [0.717, 1.165) is 12.8 Å². The maximum atomic E-state index is 11.7. The maximum Gasteiger partial charge on any atom is 0.222 e. The Morgan fingerprint density at radius 1 is 0.656 bits per heavy atom. The fourth-order valence-electron chi connectivity index (χ4n) is 2.42. The number of nitrogens with one attached hydrogen (secondary N) is 1. The molecule has 0 aliphatic heterocycles. The van der Waals surface area contributed by atoms with Gasteiger partial charge in [-0.2, -0.15) is 0 Å². The Balaban J connectivity index is 3.16.